The lowest BCUT2D eigenvalue weighted by Crippen LogP contribution is -2.33. The van der Waals surface area contributed by atoms with Gasteiger partial charge >= 0.3 is 12.4 Å². The van der Waals surface area contributed by atoms with E-state index in [4.69, 9.17) is 11.6 Å². The summed E-state index contributed by atoms with van der Waals surface area (Å²) in [6, 6.07) is 2.90. The van der Waals surface area contributed by atoms with E-state index >= 15 is 0 Å². The van der Waals surface area contributed by atoms with E-state index in [0.29, 0.717) is 31.8 Å². The average molecular weight is 601 g/mol. The molecule has 0 aliphatic carbocycles. The van der Waals surface area contributed by atoms with Crippen molar-refractivity contribution in [1.29, 1.82) is 0 Å². The number of carbonyl (C=O) groups is 2. The Labute approximate surface area is 234 Å². The maximum atomic E-state index is 12.8. The van der Waals surface area contributed by atoms with E-state index in [1.165, 1.54) is 28.3 Å². The Balaban J connectivity index is 1.37. The zero-order valence-corrected chi connectivity index (χ0v) is 21.8. The third kappa shape index (κ3) is 9.72. The first-order valence-corrected chi connectivity index (χ1v) is 12.2. The number of carbonyl (C=O) groups excluding carboxylic acids is 2. The topological polar surface area (TPSA) is 170 Å². The molecule has 0 aliphatic rings. The Hall–Kier alpha value is -4.74. The van der Waals surface area contributed by atoms with Crippen molar-refractivity contribution in [1.82, 2.24) is 40.6 Å². The van der Waals surface area contributed by atoms with Crippen molar-refractivity contribution in [2.45, 2.75) is 44.8 Å². The van der Waals surface area contributed by atoms with Gasteiger partial charge < -0.3 is 21.4 Å². The molecule has 0 spiro atoms. The van der Waals surface area contributed by atoms with Crippen molar-refractivity contribution in [3.63, 3.8) is 0 Å². The largest absolute Gasteiger partial charge is 0.417 e. The van der Waals surface area contributed by atoms with Gasteiger partial charge in [0.1, 0.15) is 5.70 Å². The predicted molar refractivity (Wildman–Crippen MR) is 134 cm³/mol. The van der Waals surface area contributed by atoms with Crippen LogP contribution in [0.5, 0.6) is 0 Å². The Morgan fingerprint density at radius 2 is 1.71 bits per heavy atom. The molecular formula is C24H26F6N10O2. The monoisotopic (exact) mass is 600 g/mol. The van der Waals surface area contributed by atoms with Gasteiger partial charge in [-0.3, -0.25) is 24.2 Å². The number of hydrogen-bond donors (Lipinski definition) is 4. The summed E-state index contributed by atoms with van der Waals surface area (Å²) in [4.78, 5) is 31.6. The second-order valence-corrected chi connectivity index (χ2v) is 8.88. The molecule has 6 N–H and O–H groups in total. The van der Waals surface area contributed by atoms with E-state index in [9.17, 15) is 35.9 Å². The molecule has 12 nitrogen and oxygen atoms in total. The zero-order valence-electron chi connectivity index (χ0n) is 21.8. The van der Waals surface area contributed by atoms with Gasteiger partial charge in [-0.2, -0.15) is 26.3 Å². The summed E-state index contributed by atoms with van der Waals surface area (Å²) in [5, 5.41) is 13.7. The maximum Gasteiger partial charge on any atom is 0.417 e. The highest BCUT2D eigenvalue weighted by molar-refractivity contribution is 5.92. The molecule has 0 atom stereocenters. The summed E-state index contributed by atoms with van der Waals surface area (Å²) in [5.41, 5.74) is 4.00. The molecule has 0 fully saturated rings. The molecule has 3 rings (SSSR count). The number of hydrazine groups is 1. The SMILES string of the molecule is N/C(=C\N(N)CCCCn1cc(C(=O)NCc2ccc(C(F)(F)F)cn2)nn1)C(=O)NCc1cncc(C(F)(F)F)c1. The van der Waals surface area contributed by atoms with Crippen LogP contribution in [0.3, 0.4) is 0 Å². The molecule has 0 bridgehead atoms. The van der Waals surface area contributed by atoms with Crippen LogP contribution in [0.4, 0.5) is 26.3 Å². The lowest BCUT2D eigenvalue weighted by Gasteiger charge is -2.15. The predicted octanol–water partition coefficient (Wildman–Crippen LogP) is 2.11. The van der Waals surface area contributed by atoms with Gasteiger partial charge in [0.2, 0.25) is 0 Å². The molecule has 0 aromatic carbocycles. The van der Waals surface area contributed by atoms with Gasteiger partial charge in [0.15, 0.2) is 5.69 Å². The zero-order chi connectivity index (χ0) is 30.9. The van der Waals surface area contributed by atoms with Gasteiger partial charge in [-0.25, -0.2) is 5.84 Å². The van der Waals surface area contributed by atoms with Crippen molar-refractivity contribution < 1.29 is 35.9 Å². The summed E-state index contributed by atoms with van der Waals surface area (Å²) >= 11 is 0. The molecule has 2 amide bonds. The van der Waals surface area contributed by atoms with Crippen LogP contribution < -0.4 is 22.2 Å². The number of amides is 2. The Kier molecular flexibility index (Phi) is 10.4. The summed E-state index contributed by atoms with van der Waals surface area (Å²) < 4.78 is 77.6. The van der Waals surface area contributed by atoms with Crippen molar-refractivity contribution in [2.75, 3.05) is 6.54 Å². The lowest BCUT2D eigenvalue weighted by molar-refractivity contribution is -0.138. The summed E-state index contributed by atoms with van der Waals surface area (Å²) in [6.45, 7) is 0.332. The maximum absolute atomic E-state index is 12.8. The highest BCUT2D eigenvalue weighted by Gasteiger charge is 2.31. The van der Waals surface area contributed by atoms with Crippen LogP contribution >= 0.6 is 0 Å². The van der Waals surface area contributed by atoms with E-state index in [0.717, 1.165) is 18.2 Å². The van der Waals surface area contributed by atoms with E-state index in [2.05, 4.69) is 30.9 Å². The lowest BCUT2D eigenvalue weighted by atomic mass is 10.2. The summed E-state index contributed by atoms with van der Waals surface area (Å²) in [6.07, 6.45) is -2.85. The van der Waals surface area contributed by atoms with Gasteiger partial charge in [0.05, 0.1) is 29.6 Å². The van der Waals surface area contributed by atoms with Crippen LogP contribution in [-0.4, -0.2) is 48.3 Å². The number of pyridine rings is 2. The average Bonchev–Trinajstić information content (AvgIpc) is 3.41. The highest BCUT2D eigenvalue weighted by atomic mass is 19.4. The molecule has 0 unspecified atom stereocenters. The van der Waals surface area contributed by atoms with Crippen LogP contribution in [0.2, 0.25) is 0 Å². The van der Waals surface area contributed by atoms with Gasteiger partial charge in [0.25, 0.3) is 11.8 Å². The first-order valence-electron chi connectivity index (χ1n) is 12.2. The molecule has 3 aromatic rings. The number of nitrogens with zero attached hydrogens (tertiary/aromatic N) is 6. The molecule has 0 radical (unpaired) electrons. The van der Waals surface area contributed by atoms with Crippen molar-refractivity contribution in [3.05, 3.63) is 83.0 Å². The number of halogens is 6. The second-order valence-electron chi connectivity index (χ2n) is 8.88. The number of hydrogen-bond acceptors (Lipinski definition) is 9. The Bertz CT molecular complexity index is 1390. The Morgan fingerprint density at radius 3 is 2.38 bits per heavy atom. The van der Waals surface area contributed by atoms with Gasteiger partial charge in [-0.1, -0.05) is 5.21 Å². The van der Waals surface area contributed by atoms with E-state index in [-0.39, 0.29) is 42.3 Å². The van der Waals surface area contributed by atoms with Gasteiger partial charge in [-0.15, -0.1) is 5.10 Å². The fourth-order valence-corrected chi connectivity index (χ4v) is 3.36. The van der Waals surface area contributed by atoms with Gasteiger partial charge in [-0.05, 0) is 36.6 Å². The third-order valence-electron chi connectivity index (χ3n) is 5.55. The number of aryl methyl sites for hydroxylation is 1. The first-order chi connectivity index (χ1) is 19.7. The van der Waals surface area contributed by atoms with Crippen molar-refractivity contribution >= 4 is 11.8 Å². The number of aromatic nitrogens is 5. The molecule has 42 heavy (non-hydrogen) atoms. The van der Waals surface area contributed by atoms with Gasteiger partial charge in [0, 0.05) is 44.4 Å². The van der Waals surface area contributed by atoms with Crippen LogP contribution in [0.1, 0.15) is 45.7 Å². The molecule has 0 aliphatic heterocycles. The Morgan fingerprint density at radius 1 is 0.976 bits per heavy atom. The molecule has 0 saturated heterocycles. The van der Waals surface area contributed by atoms with Crippen LogP contribution in [0.25, 0.3) is 0 Å². The van der Waals surface area contributed by atoms with Crippen LogP contribution in [0, 0.1) is 0 Å². The number of alkyl halides is 6. The van der Waals surface area contributed by atoms with Crippen LogP contribution in [0.15, 0.2) is 54.9 Å². The smallest absolute Gasteiger partial charge is 0.393 e. The quantitative estimate of drug-likeness (QED) is 0.0800. The second kappa shape index (κ2) is 13.7. The van der Waals surface area contributed by atoms with Crippen LogP contribution in [-0.2, 0) is 36.8 Å². The van der Waals surface area contributed by atoms with Crippen molar-refractivity contribution in [2.24, 2.45) is 11.6 Å². The summed E-state index contributed by atoms with van der Waals surface area (Å²) in [7, 11) is 0. The molecule has 226 valence electrons. The van der Waals surface area contributed by atoms with E-state index in [1.54, 1.807) is 0 Å². The standard InChI is InChI=1S/C24H26F6N10O2/c25-23(26,27)16-3-4-18(34-11-16)12-36-22(42)20-14-40(38-37-20)6-2-1-5-39(32)13-19(31)21(41)35-9-15-7-17(10-33-8-15)24(28,29)30/h3-4,7-8,10-11,13-14H,1-2,5-6,9,12,31-32H2,(H,35,41)(H,36,42)/b19-13-. The molecule has 3 aromatic heterocycles. The first kappa shape index (κ1) is 31.8. The minimum Gasteiger partial charge on any atom is -0.393 e. The molecule has 18 heteroatoms. The summed E-state index contributed by atoms with van der Waals surface area (Å²) in [5.74, 6) is 4.52. The van der Waals surface area contributed by atoms with E-state index in [1.807, 2.05) is 0 Å². The van der Waals surface area contributed by atoms with E-state index < -0.39 is 35.3 Å². The van der Waals surface area contributed by atoms with Crippen molar-refractivity contribution in [3.8, 4) is 0 Å². The minimum absolute atomic E-state index is 0.00463. The molecule has 0 saturated carbocycles. The fraction of sp³-hybridized carbons (Fsp3) is 0.333. The highest BCUT2D eigenvalue weighted by Crippen LogP contribution is 2.29. The number of nitrogens with one attached hydrogen (secondary N) is 2. The number of unbranched alkanes of at least 4 members (excludes halogenated alkanes) is 1. The fourth-order valence-electron chi connectivity index (χ4n) is 3.36. The normalized spacial score (nSPS) is 12.2. The minimum atomic E-state index is -4.56. The molecule has 3 heterocycles. The number of nitrogens with two attached hydrogens (primary N) is 2. The number of rotatable bonds is 12. The third-order valence-corrected chi connectivity index (χ3v) is 5.55. The molecular weight excluding hydrogens is 574 g/mol.